The van der Waals surface area contributed by atoms with Crippen molar-refractivity contribution >= 4 is 5.91 Å². The second-order valence-corrected chi connectivity index (χ2v) is 5.77. The lowest BCUT2D eigenvalue weighted by atomic mass is 9.97. The third kappa shape index (κ3) is 3.95. The van der Waals surface area contributed by atoms with E-state index in [1.807, 2.05) is 35.3 Å². The van der Waals surface area contributed by atoms with Crippen molar-refractivity contribution in [3.05, 3.63) is 53.9 Å². The first-order chi connectivity index (χ1) is 10.8. The average Bonchev–Trinajstić information content (AvgIpc) is 3.02. The first-order valence-corrected chi connectivity index (χ1v) is 7.85. The van der Waals surface area contributed by atoms with Crippen molar-refractivity contribution in [2.75, 3.05) is 13.1 Å². The Bertz CT molecular complexity index is 602. The average molecular weight is 298 g/mol. The van der Waals surface area contributed by atoms with Crippen LogP contribution in [-0.4, -0.2) is 28.8 Å². The predicted molar refractivity (Wildman–Crippen MR) is 85.2 cm³/mol. The number of hydrogen-bond acceptors (Lipinski definition) is 3. The molecule has 2 aromatic rings. The van der Waals surface area contributed by atoms with Gasteiger partial charge in [0.05, 0.1) is 12.7 Å². The summed E-state index contributed by atoms with van der Waals surface area (Å²) in [7, 11) is 0. The molecular formula is C17H22N4O. The molecule has 22 heavy (non-hydrogen) atoms. The molecule has 1 saturated heterocycles. The molecule has 2 N–H and O–H groups in total. The van der Waals surface area contributed by atoms with Gasteiger partial charge in [0.25, 0.3) is 0 Å². The maximum atomic E-state index is 12.1. The summed E-state index contributed by atoms with van der Waals surface area (Å²) >= 11 is 0. The molecule has 1 aromatic carbocycles. The third-order valence-electron chi connectivity index (χ3n) is 4.05. The molecule has 0 radical (unpaired) electrons. The van der Waals surface area contributed by atoms with Crippen molar-refractivity contribution in [2.24, 2.45) is 5.92 Å². The number of nitrogens with zero attached hydrogens (tertiary/aromatic N) is 2. The van der Waals surface area contributed by atoms with Gasteiger partial charge in [-0.05, 0) is 31.5 Å². The number of hydrogen-bond donors (Lipinski definition) is 2. The van der Waals surface area contributed by atoms with Gasteiger partial charge in [0, 0.05) is 24.2 Å². The van der Waals surface area contributed by atoms with Crippen LogP contribution in [-0.2, 0) is 17.9 Å². The summed E-state index contributed by atoms with van der Waals surface area (Å²) < 4.78 is 1.90. The fourth-order valence-electron chi connectivity index (χ4n) is 2.77. The number of carbonyl (C=O) groups is 1. The molecule has 1 aliphatic heterocycles. The van der Waals surface area contributed by atoms with Crippen molar-refractivity contribution in [3.63, 3.8) is 0 Å². The van der Waals surface area contributed by atoms with Crippen molar-refractivity contribution < 1.29 is 4.79 Å². The molecule has 0 bridgehead atoms. The predicted octanol–water partition coefficient (Wildman–Crippen LogP) is 1.55. The lowest BCUT2D eigenvalue weighted by molar-refractivity contribution is -0.125. The van der Waals surface area contributed by atoms with Crippen LogP contribution >= 0.6 is 0 Å². The van der Waals surface area contributed by atoms with Crippen LogP contribution in [0, 0.1) is 5.92 Å². The zero-order chi connectivity index (χ0) is 15.2. The largest absolute Gasteiger partial charge is 0.352 e. The molecule has 1 fully saturated rings. The minimum atomic E-state index is 0.153. The maximum absolute atomic E-state index is 12.1. The number of benzene rings is 1. The Morgan fingerprint density at radius 2 is 2.00 bits per heavy atom. The fourth-order valence-corrected chi connectivity index (χ4v) is 2.77. The van der Waals surface area contributed by atoms with E-state index in [2.05, 4.69) is 27.9 Å². The highest BCUT2D eigenvalue weighted by molar-refractivity contribution is 5.78. The minimum Gasteiger partial charge on any atom is -0.352 e. The van der Waals surface area contributed by atoms with Gasteiger partial charge in [-0.2, -0.15) is 5.10 Å². The zero-order valence-corrected chi connectivity index (χ0v) is 12.7. The number of carbonyl (C=O) groups excluding carboxylic acids is 1. The molecule has 0 atom stereocenters. The quantitative estimate of drug-likeness (QED) is 0.880. The lowest BCUT2D eigenvalue weighted by Crippen LogP contribution is -2.37. The van der Waals surface area contributed by atoms with Crippen LogP contribution in [0.3, 0.4) is 0 Å². The van der Waals surface area contributed by atoms with Crippen LogP contribution in [0.5, 0.6) is 0 Å². The summed E-state index contributed by atoms with van der Waals surface area (Å²) in [5.74, 6) is 0.318. The second kappa shape index (κ2) is 7.22. The molecule has 5 nitrogen and oxygen atoms in total. The van der Waals surface area contributed by atoms with Gasteiger partial charge < -0.3 is 10.6 Å². The first kappa shape index (κ1) is 14.8. The highest BCUT2D eigenvalue weighted by Gasteiger charge is 2.20. The summed E-state index contributed by atoms with van der Waals surface area (Å²) in [6.45, 7) is 3.18. The molecule has 5 heteroatoms. The number of aromatic nitrogens is 2. The summed E-state index contributed by atoms with van der Waals surface area (Å²) in [6.07, 6.45) is 5.68. The Labute approximate surface area is 130 Å². The summed E-state index contributed by atoms with van der Waals surface area (Å²) in [5.41, 5.74) is 2.26. The Hall–Kier alpha value is -2.14. The molecule has 116 valence electrons. The highest BCUT2D eigenvalue weighted by atomic mass is 16.1. The van der Waals surface area contributed by atoms with Crippen LogP contribution in [0.25, 0.3) is 0 Å². The normalized spacial score (nSPS) is 15.6. The second-order valence-electron chi connectivity index (χ2n) is 5.77. The Morgan fingerprint density at radius 3 is 2.77 bits per heavy atom. The van der Waals surface area contributed by atoms with E-state index in [4.69, 9.17) is 0 Å². The van der Waals surface area contributed by atoms with E-state index in [1.54, 1.807) is 0 Å². The van der Waals surface area contributed by atoms with E-state index >= 15 is 0 Å². The van der Waals surface area contributed by atoms with Gasteiger partial charge >= 0.3 is 0 Å². The third-order valence-corrected chi connectivity index (χ3v) is 4.05. The summed E-state index contributed by atoms with van der Waals surface area (Å²) in [5, 5.41) is 10.7. The molecule has 1 aromatic heterocycles. The zero-order valence-electron chi connectivity index (χ0n) is 12.7. The van der Waals surface area contributed by atoms with Crippen LogP contribution in [0.1, 0.15) is 24.0 Å². The van der Waals surface area contributed by atoms with E-state index in [0.717, 1.165) is 38.0 Å². The van der Waals surface area contributed by atoms with Crippen molar-refractivity contribution in [1.82, 2.24) is 20.4 Å². The number of nitrogens with one attached hydrogen (secondary N) is 2. The van der Waals surface area contributed by atoms with Gasteiger partial charge in [0.15, 0.2) is 0 Å². The molecule has 0 aliphatic carbocycles. The van der Waals surface area contributed by atoms with Crippen LogP contribution in [0.15, 0.2) is 42.7 Å². The van der Waals surface area contributed by atoms with Gasteiger partial charge in [-0.15, -0.1) is 0 Å². The van der Waals surface area contributed by atoms with Crippen LogP contribution in [0.2, 0.25) is 0 Å². The summed E-state index contributed by atoms with van der Waals surface area (Å²) in [6, 6.07) is 10.2. The smallest absolute Gasteiger partial charge is 0.223 e. The minimum absolute atomic E-state index is 0.153. The molecule has 1 amide bonds. The molecule has 0 saturated carbocycles. The topological polar surface area (TPSA) is 59.0 Å². The lowest BCUT2D eigenvalue weighted by Gasteiger charge is -2.21. The van der Waals surface area contributed by atoms with E-state index in [9.17, 15) is 4.79 Å². The van der Waals surface area contributed by atoms with E-state index in [-0.39, 0.29) is 11.8 Å². The molecule has 1 aliphatic rings. The molecular weight excluding hydrogens is 276 g/mol. The number of amides is 1. The van der Waals surface area contributed by atoms with Gasteiger partial charge in [-0.3, -0.25) is 9.48 Å². The van der Waals surface area contributed by atoms with Crippen molar-refractivity contribution in [3.8, 4) is 0 Å². The van der Waals surface area contributed by atoms with Gasteiger partial charge in [-0.25, -0.2) is 0 Å². The number of piperidine rings is 1. The monoisotopic (exact) mass is 298 g/mol. The molecule has 3 rings (SSSR count). The van der Waals surface area contributed by atoms with Crippen LogP contribution < -0.4 is 10.6 Å². The Morgan fingerprint density at radius 1 is 1.23 bits per heavy atom. The van der Waals surface area contributed by atoms with E-state index in [0.29, 0.717) is 6.54 Å². The standard InChI is InChI=1S/C17H22N4O/c22-17(16-6-8-18-9-7-16)19-10-15-11-20-21(13-15)12-14-4-2-1-3-5-14/h1-5,11,13,16,18H,6-10,12H2,(H,19,22). The Balaban J connectivity index is 1.50. The molecule has 2 heterocycles. The van der Waals surface area contributed by atoms with Crippen molar-refractivity contribution in [2.45, 2.75) is 25.9 Å². The summed E-state index contributed by atoms with van der Waals surface area (Å²) in [4.78, 5) is 12.1. The van der Waals surface area contributed by atoms with E-state index in [1.165, 1.54) is 5.56 Å². The van der Waals surface area contributed by atoms with Crippen LogP contribution in [0.4, 0.5) is 0 Å². The first-order valence-electron chi connectivity index (χ1n) is 7.85. The molecule has 0 unspecified atom stereocenters. The Kier molecular flexibility index (Phi) is 4.85. The SMILES string of the molecule is O=C(NCc1cnn(Cc2ccccc2)c1)C1CCNCC1. The van der Waals surface area contributed by atoms with Gasteiger partial charge in [-0.1, -0.05) is 30.3 Å². The fraction of sp³-hybridized carbons (Fsp3) is 0.412. The highest BCUT2D eigenvalue weighted by Crippen LogP contribution is 2.12. The van der Waals surface area contributed by atoms with Gasteiger partial charge in [0.2, 0.25) is 5.91 Å². The molecule has 0 spiro atoms. The number of rotatable bonds is 5. The van der Waals surface area contributed by atoms with Gasteiger partial charge in [0.1, 0.15) is 0 Å². The van der Waals surface area contributed by atoms with Crippen molar-refractivity contribution in [1.29, 1.82) is 0 Å². The maximum Gasteiger partial charge on any atom is 0.223 e. The van der Waals surface area contributed by atoms with E-state index < -0.39 is 0 Å².